The molecule has 12 heavy (non-hydrogen) atoms. The fraction of sp³-hybridized carbons (Fsp3) is 1.00. The molecule has 0 bridgehead atoms. The highest BCUT2D eigenvalue weighted by atomic mass is 32.3. The van der Waals surface area contributed by atoms with Gasteiger partial charge in [-0.25, -0.2) is 0 Å². The highest BCUT2D eigenvalue weighted by Gasteiger charge is 2.16. The molecule has 0 aliphatic carbocycles. The molecule has 0 saturated carbocycles. The molecular formula is C5H12F2O3S2. The summed E-state index contributed by atoms with van der Waals surface area (Å²) in [6, 6.07) is 0. The molecule has 0 fully saturated rings. The lowest BCUT2D eigenvalue weighted by Crippen LogP contribution is -2.09. The molecule has 0 aromatic heterocycles. The number of halogens is 2. The van der Waals surface area contributed by atoms with Crippen LogP contribution in [0.4, 0.5) is 7.77 Å². The minimum Gasteiger partial charge on any atom is -0.273 e. The van der Waals surface area contributed by atoms with Gasteiger partial charge in [0.25, 0.3) is 10.1 Å². The minimum atomic E-state index is -3.57. The molecular weight excluding hydrogens is 210 g/mol. The summed E-state index contributed by atoms with van der Waals surface area (Å²) in [5.41, 5.74) is 0. The van der Waals surface area contributed by atoms with Gasteiger partial charge in [0.1, 0.15) is 0 Å². The van der Waals surface area contributed by atoms with Gasteiger partial charge in [0.05, 0.1) is 23.7 Å². The van der Waals surface area contributed by atoms with Crippen LogP contribution in [0.2, 0.25) is 0 Å². The summed E-state index contributed by atoms with van der Waals surface area (Å²) >= 11 is 0. The summed E-state index contributed by atoms with van der Waals surface area (Å²) in [6.45, 7) is 0. The molecule has 3 nitrogen and oxygen atoms in total. The summed E-state index contributed by atoms with van der Waals surface area (Å²) in [4.78, 5) is 0. The first-order valence-electron chi connectivity index (χ1n) is 3.20. The largest absolute Gasteiger partial charge is 0.273 e. The van der Waals surface area contributed by atoms with Crippen LogP contribution >= 0.6 is 10.8 Å². The summed E-state index contributed by atoms with van der Waals surface area (Å²) in [7, 11) is -6.12. The van der Waals surface area contributed by atoms with Crippen molar-refractivity contribution >= 4 is 20.9 Å². The quantitative estimate of drug-likeness (QED) is 0.663. The number of hydrogen-bond acceptors (Lipinski definition) is 3. The summed E-state index contributed by atoms with van der Waals surface area (Å²) in [5, 5.41) is 0. The van der Waals surface area contributed by atoms with Gasteiger partial charge in [-0.1, -0.05) is 0 Å². The van der Waals surface area contributed by atoms with Crippen molar-refractivity contribution in [3.63, 3.8) is 0 Å². The third-order valence-corrected chi connectivity index (χ3v) is 3.45. The zero-order valence-electron chi connectivity index (χ0n) is 6.92. The van der Waals surface area contributed by atoms with Gasteiger partial charge in [-0.3, -0.25) is 4.18 Å². The van der Waals surface area contributed by atoms with Crippen LogP contribution in [0.15, 0.2) is 0 Å². The standard InChI is InChI=1S/C5H12F2O3S2/c1-10-12(8,9)5-3-4-11(2,6)7/h3-5H2,1-2H3. The van der Waals surface area contributed by atoms with E-state index >= 15 is 0 Å². The first kappa shape index (κ1) is 12.1. The molecule has 0 aliphatic rings. The van der Waals surface area contributed by atoms with Gasteiger partial charge in [0, 0.05) is 12.0 Å². The molecule has 0 aromatic carbocycles. The maximum Gasteiger partial charge on any atom is 0.267 e. The smallest absolute Gasteiger partial charge is 0.267 e. The van der Waals surface area contributed by atoms with Crippen molar-refractivity contribution in [2.45, 2.75) is 6.42 Å². The fourth-order valence-electron chi connectivity index (χ4n) is 0.572. The number of rotatable bonds is 5. The van der Waals surface area contributed by atoms with Crippen LogP contribution < -0.4 is 0 Å². The van der Waals surface area contributed by atoms with Gasteiger partial charge in [0.15, 0.2) is 0 Å². The van der Waals surface area contributed by atoms with Crippen LogP contribution in [0.3, 0.4) is 0 Å². The third-order valence-electron chi connectivity index (χ3n) is 1.15. The van der Waals surface area contributed by atoms with E-state index in [1.165, 1.54) is 0 Å². The van der Waals surface area contributed by atoms with Gasteiger partial charge < -0.3 is 0 Å². The van der Waals surface area contributed by atoms with Crippen molar-refractivity contribution in [1.29, 1.82) is 0 Å². The molecule has 0 aliphatic heterocycles. The zero-order chi connectivity index (χ0) is 9.83. The van der Waals surface area contributed by atoms with Crippen LogP contribution in [0, 0.1) is 0 Å². The van der Waals surface area contributed by atoms with E-state index in [2.05, 4.69) is 4.18 Å². The summed E-state index contributed by atoms with van der Waals surface area (Å²) in [5.74, 6) is -0.685. The Hall–Kier alpha value is 0.120. The molecule has 0 rings (SSSR count). The molecule has 0 saturated heterocycles. The van der Waals surface area contributed by atoms with E-state index in [0.29, 0.717) is 0 Å². The van der Waals surface area contributed by atoms with E-state index in [1.807, 2.05) is 0 Å². The Morgan fingerprint density at radius 1 is 1.25 bits per heavy atom. The van der Waals surface area contributed by atoms with E-state index in [4.69, 9.17) is 0 Å². The Morgan fingerprint density at radius 3 is 2.08 bits per heavy atom. The predicted octanol–water partition coefficient (Wildman–Crippen LogP) is 1.56. The first-order valence-corrected chi connectivity index (χ1v) is 6.79. The lowest BCUT2D eigenvalue weighted by atomic mass is 10.6. The lowest BCUT2D eigenvalue weighted by Gasteiger charge is -2.13. The molecule has 0 heterocycles. The maximum absolute atomic E-state index is 12.2. The first-order chi connectivity index (χ1) is 5.27. The molecule has 0 aromatic rings. The Labute approximate surface area is 73.1 Å². The molecule has 76 valence electrons. The molecule has 0 unspecified atom stereocenters. The third kappa shape index (κ3) is 6.81. The van der Waals surface area contributed by atoms with Crippen LogP contribution in [0.1, 0.15) is 6.42 Å². The van der Waals surface area contributed by atoms with Crippen molar-refractivity contribution in [2.24, 2.45) is 0 Å². The molecule has 0 atom stereocenters. The second-order valence-electron chi connectivity index (χ2n) is 2.36. The molecule has 0 N–H and O–H groups in total. The van der Waals surface area contributed by atoms with Gasteiger partial charge in [-0.2, -0.15) is 16.2 Å². The molecule has 0 amide bonds. The molecule has 7 heteroatoms. The van der Waals surface area contributed by atoms with Crippen LogP contribution in [-0.4, -0.2) is 33.3 Å². The lowest BCUT2D eigenvalue weighted by molar-refractivity contribution is 0.397. The van der Waals surface area contributed by atoms with E-state index in [9.17, 15) is 16.2 Å². The second kappa shape index (κ2) is 4.38. The minimum absolute atomic E-state index is 0.0466. The Kier molecular flexibility index (Phi) is 4.43. The average molecular weight is 222 g/mol. The van der Waals surface area contributed by atoms with E-state index in [0.717, 1.165) is 13.4 Å². The monoisotopic (exact) mass is 222 g/mol. The second-order valence-corrected chi connectivity index (χ2v) is 6.37. The van der Waals surface area contributed by atoms with Crippen LogP contribution in [0.25, 0.3) is 0 Å². The Morgan fingerprint density at radius 2 is 1.75 bits per heavy atom. The van der Waals surface area contributed by atoms with Crippen molar-refractivity contribution in [1.82, 2.24) is 0 Å². The van der Waals surface area contributed by atoms with Crippen molar-refractivity contribution < 1.29 is 20.4 Å². The van der Waals surface area contributed by atoms with Crippen molar-refractivity contribution in [3.05, 3.63) is 0 Å². The van der Waals surface area contributed by atoms with Gasteiger partial charge in [0.2, 0.25) is 0 Å². The molecule has 0 spiro atoms. The van der Waals surface area contributed by atoms with E-state index < -0.39 is 20.9 Å². The Balaban J connectivity index is 3.73. The normalized spacial score (nSPS) is 14.7. The summed E-state index contributed by atoms with van der Waals surface area (Å²) in [6.07, 6.45) is 0.793. The summed E-state index contributed by atoms with van der Waals surface area (Å²) < 4.78 is 49.8. The van der Waals surface area contributed by atoms with E-state index in [-0.39, 0.29) is 17.9 Å². The Bertz CT molecular complexity index is 219. The van der Waals surface area contributed by atoms with Crippen LogP contribution in [0.5, 0.6) is 0 Å². The van der Waals surface area contributed by atoms with Crippen LogP contribution in [-0.2, 0) is 14.3 Å². The average Bonchev–Trinajstić information content (AvgIpc) is 1.84. The SMILES string of the molecule is COS(=O)(=O)CCCS(C)(F)F. The highest BCUT2D eigenvalue weighted by Crippen LogP contribution is 2.47. The van der Waals surface area contributed by atoms with Gasteiger partial charge in [-0.15, -0.1) is 0 Å². The van der Waals surface area contributed by atoms with Crippen molar-refractivity contribution in [3.8, 4) is 0 Å². The topological polar surface area (TPSA) is 43.4 Å². The van der Waals surface area contributed by atoms with Crippen molar-refractivity contribution in [2.75, 3.05) is 24.9 Å². The van der Waals surface area contributed by atoms with Gasteiger partial charge >= 0.3 is 0 Å². The maximum atomic E-state index is 12.2. The number of hydrogen-bond donors (Lipinski definition) is 0. The zero-order valence-corrected chi connectivity index (χ0v) is 8.55. The fourth-order valence-corrected chi connectivity index (χ4v) is 2.07. The van der Waals surface area contributed by atoms with Gasteiger partial charge in [-0.05, 0) is 6.42 Å². The molecule has 0 radical (unpaired) electrons. The van der Waals surface area contributed by atoms with E-state index in [1.54, 1.807) is 0 Å². The predicted molar refractivity (Wildman–Crippen MR) is 46.0 cm³/mol. The highest BCUT2D eigenvalue weighted by molar-refractivity contribution is 8.24.